The molecule has 6 heteroatoms. The number of ether oxygens (including phenoxy) is 1. The Morgan fingerprint density at radius 1 is 0.917 bits per heavy atom. The van der Waals surface area contributed by atoms with Gasteiger partial charge in [-0.15, -0.1) is 0 Å². The largest absolute Gasteiger partial charge is 0.479 e. The zero-order valence-electron chi connectivity index (χ0n) is 12.8. The molecule has 0 aliphatic carbocycles. The van der Waals surface area contributed by atoms with Crippen molar-refractivity contribution < 1.29 is 29.6 Å². The molecule has 126 valence electrons. The van der Waals surface area contributed by atoms with E-state index in [1.807, 2.05) is 0 Å². The molecule has 0 heterocycles. The third-order valence-electron chi connectivity index (χ3n) is 3.69. The minimum Gasteiger partial charge on any atom is -0.479 e. The maximum Gasteiger partial charge on any atom is 0.339 e. The van der Waals surface area contributed by atoms with Gasteiger partial charge in [-0.2, -0.15) is 0 Å². The lowest BCUT2D eigenvalue weighted by molar-refractivity contribution is -0.195. The van der Waals surface area contributed by atoms with Crippen LogP contribution in [0.3, 0.4) is 0 Å². The number of hydrogen-bond donors (Lipinski definition) is 3. The highest BCUT2D eigenvalue weighted by molar-refractivity contribution is 5.87. The van der Waals surface area contributed by atoms with Gasteiger partial charge in [0.1, 0.15) is 0 Å². The van der Waals surface area contributed by atoms with Crippen LogP contribution >= 0.6 is 0 Å². The van der Waals surface area contributed by atoms with Gasteiger partial charge in [0.2, 0.25) is 5.60 Å². The Morgan fingerprint density at radius 3 is 1.88 bits per heavy atom. The molecule has 0 unspecified atom stereocenters. The van der Waals surface area contributed by atoms with Crippen LogP contribution in [0.5, 0.6) is 0 Å². The van der Waals surface area contributed by atoms with Crippen molar-refractivity contribution in [3.05, 3.63) is 71.8 Å². The van der Waals surface area contributed by atoms with Gasteiger partial charge in [0.25, 0.3) is 0 Å². The maximum absolute atomic E-state index is 11.8. The van der Waals surface area contributed by atoms with E-state index in [0.29, 0.717) is 11.1 Å². The lowest BCUT2D eigenvalue weighted by Crippen LogP contribution is -2.56. The van der Waals surface area contributed by atoms with Crippen LogP contribution in [0.1, 0.15) is 11.1 Å². The van der Waals surface area contributed by atoms with E-state index < -0.39 is 23.6 Å². The second kappa shape index (κ2) is 7.72. The highest BCUT2D eigenvalue weighted by atomic mass is 16.5. The van der Waals surface area contributed by atoms with Crippen LogP contribution in [0, 0.1) is 0 Å². The average Bonchev–Trinajstić information content (AvgIpc) is 2.59. The van der Waals surface area contributed by atoms with Crippen molar-refractivity contribution in [2.45, 2.75) is 24.7 Å². The Morgan fingerprint density at radius 2 is 1.42 bits per heavy atom. The zero-order chi connectivity index (χ0) is 17.6. The van der Waals surface area contributed by atoms with E-state index in [1.165, 1.54) is 0 Å². The number of aliphatic carboxylic acids is 2. The Kier molecular flexibility index (Phi) is 5.68. The van der Waals surface area contributed by atoms with Crippen molar-refractivity contribution in [2.75, 3.05) is 0 Å². The van der Waals surface area contributed by atoms with Crippen molar-refractivity contribution in [3.8, 4) is 0 Å². The standard InChI is InChI=1S/C18H18O6/c19-15(16(20)21)18(17(22)23,11-13-7-3-1-4-8-13)24-12-14-9-5-2-6-10-14/h1-10,15,19H,11-12H2,(H,20,21)(H,22,23)/t15-,18+/m0/s1. The summed E-state index contributed by atoms with van der Waals surface area (Å²) in [5, 5.41) is 28.8. The Balaban J connectivity index is 2.34. The molecular formula is C18H18O6. The summed E-state index contributed by atoms with van der Waals surface area (Å²) in [6.45, 7) is -0.135. The van der Waals surface area contributed by atoms with Gasteiger partial charge in [0.15, 0.2) is 6.10 Å². The Labute approximate surface area is 138 Å². The predicted octanol–water partition coefficient (Wildman–Crippen LogP) is 1.71. The van der Waals surface area contributed by atoms with Gasteiger partial charge in [-0.1, -0.05) is 60.7 Å². The normalized spacial score (nSPS) is 14.5. The number of carboxylic acid groups (broad SMARTS) is 2. The quantitative estimate of drug-likeness (QED) is 0.681. The van der Waals surface area contributed by atoms with Gasteiger partial charge in [-0.25, -0.2) is 9.59 Å². The summed E-state index contributed by atoms with van der Waals surface area (Å²) in [5.74, 6) is -3.18. The summed E-state index contributed by atoms with van der Waals surface area (Å²) in [4.78, 5) is 23.1. The van der Waals surface area contributed by atoms with Gasteiger partial charge in [-0.3, -0.25) is 0 Å². The maximum atomic E-state index is 11.8. The molecule has 0 fully saturated rings. The number of hydrogen-bond acceptors (Lipinski definition) is 4. The molecule has 0 saturated carbocycles. The summed E-state index contributed by atoms with van der Waals surface area (Å²) in [5.41, 5.74) is -1.06. The molecule has 0 bridgehead atoms. The molecule has 2 aromatic carbocycles. The number of rotatable bonds is 8. The predicted molar refractivity (Wildman–Crippen MR) is 85.4 cm³/mol. The number of aliphatic hydroxyl groups excluding tert-OH is 1. The van der Waals surface area contributed by atoms with Crippen LogP contribution in [0.15, 0.2) is 60.7 Å². The van der Waals surface area contributed by atoms with Crippen molar-refractivity contribution in [1.82, 2.24) is 0 Å². The van der Waals surface area contributed by atoms with E-state index in [0.717, 1.165) is 0 Å². The molecule has 0 aliphatic rings. The lowest BCUT2D eigenvalue weighted by Gasteiger charge is -2.32. The summed E-state index contributed by atoms with van der Waals surface area (Å²) in [6, 6.07) is 17.2. The zero-order valence-corrected chi connectivity index (χ0v) is 12.8. The van der Waals surface area contributed by atoms with Gasteiger partial charge in [0.05, 0.1) is 6.61 Å². The van der Waals surface area contributed by atoms with Gasteiger partial charge >= 0.3 is 11.9 Å². The number of carboxylic acids is 2. The first-order valence-corrected chi connectivity index (χ1v) is 7.32. The van der Waals surface area contributed by atoms with Crippen molar-refractivity contribution in [3.63, 3.8) is 0 Å². The molecule has 2 aromatic rings. The number of aliphatic hydroxyl groups is 1. The molecule has 6 nitrogen and oxygen atoms in total. The Bertz CT molecular complexity index is 685. The van der Waals surface area contributed by atoms with E-state index in [1.54, 1.807) is 60.7 Å². The van der Waals surface area contributed by atoms with Crippen LogP contribution in [0.2, 0.25) is 0 Å². The van der Waals surface area contributed by atoms with E-state index in [9.17, 15) is 19.8 Å². The molecule has 0 aromatic heterocycles. The van der Waals surface area contributed by atoms with Gasteiger partial charge in [-0.05, 0) is 11.1 Å². The van der Waals surface area contributed by atoms with Crippen LogP contribution < -0.4 is 0 Å². The first-order valence-electron chi connectivity index (χ1n) is 7.32. The molecule has 0 radical (unpaired) electrons. The fourth-order valence-corrected chi connectivity index (χ4v) is 2.37. The van der Waals surface area contributed by atoms with E-state index in [-0.39, 0.29) is 13.0 Å². The van der Waals surface area contributed by atoms with E-state index >= 15 is 0 Å². The summed E-state index contributed by atoms with van der Waals surface area (Å²) < 4.78 is 5.47. The van der Waals surface area contributed by atoms with Crippen molar-refractivity contribution in [1.29, 1.82) is 0 Å². The average molecular weight is 330 g/mol. The third kappa shape index (κ3) is 3.98. The third-order valence-corrected chi connectivity index (χ3v) is 3.69. The van der Waals surface area contributed by atoms with Crippen LogP contribution in [0.25, 0.3) is 0 Å². The number of benzene rings is 2. The molecule has 24 heavy (non-hydrogen) atoms. The van der Waals surface area contributed by atoms with Gasteiger partial charge in [0, 0.05) is 6.42 Å². The summed E-state index contributed by atoms with van der Waals surface area (Å²) in [6.07, 6.45) is -2.48. The molecule has 0 spiro atoms. The van der Waals surface area contributed by atoms with Crippen LogP contribution in [-0.4, -0.2) is 39.0 Å². The summed E-state index contributed by atoms with van der Waals surface area (Å²) in [7, 11) is 0. The highest BCUT2D eigenvalue weighted by Crippen LogP contribution is 2.25. The minimum atomic E-state index is -2.29. The SMILES string of the molecule is O=C(O)[C@H](O)[C@@](Cc1ccccc1)(OCc1ccccc1)C(=O)O. The first-order chi connectivity index (χ1) is 11.5. The fraction of sp³-hybridized carbons (Fsp3) is 0.222. The molecule has 0 saturated heterocycles. The lowest BCUT2D eigenvalue weighted by atomic mass is 9.88. The Hall–Kier alpha value is -2.70. The second-order valence-electron chi connectivity index (χ2n) is 5.37. The fourth-order valence-electron chi connectivity index (χ4n) is 2.37. The monoisotopic (exact) mass is 330 g/mol. The van der Waals surface area contributed by atoms with E-state index in [4.69, 9.17) is 9.84 Å². The van der Waals surface area contributed by atoms with Crippen LogP contribution in [0.4, 0.5) is 0 Å². The van der Waals surface area contributed by atoms with Crippen molar-refractivity contribution in [2.24, 2.45) is 0 Å². The molecule has 2 rings (SSSR count). The van der Waals surface area contributed by atoms with Gasteiger partial charge < -0.3 is 20.1 Å². The highest BCUT2D eigenvalue weighted by Gasteiger charge is 2.50. The smallest absolute Gasteiger partial charge is 0.339 e. The summed E-state index contributed by atoms with van der Waals surface area (Å²) >= 11 is 0. The molecule has 0 amide bonds. The minimum absolute atomic E-state index is 0.135. The first kappa shape index (κ1) is 17.7. The second-order valence-corrected chi connectivity index (χ2v) is 5.37. The molecule has 3 N–H and O–H groups in total. The van der Waals surface area contributed by atoms with Crippen LogP contribution in [-0.2, 0) is 27.4 Å². The van der Waals surface area contributed by atoms with Crippen molar-refractivity contribution >= 4 is 11.9 Å². The van der Waals surface area contributed by atoms with E-state index in [2.05, 4.69) is 0 Å². The topological polar surface area (TPSA) is 104 Å². The molecular weight excluding hydrogens is 312 g/mol. The molecule has 0 aliphatic heterocycles. The number of carbonyl (C=O) groups is 2. The molecule has 2 atom stereocenters.